The molecule has 0 bridgehead atoms. The molecule has 0 saturated carbocycles. The summed E-state index contributed by atoms with van der Waals surface area (Å²) in [6.45, 7) is 0.345. The Hall–Kier alpha value is -4.45. The zero-order chi connectivity index (χ0) is 23.5. The summed E-state index contributed by atoms with van der Waals surface area (Å²) in [6, 6.07) is 24.3. The van der Waals surface area contributed by atoms with E-state index in [9.17, 15) is 9.59 Å². The quantitative estimate of drug-likeness (QED) is 0.436. The van der Waals surface area contributed by atoms with Gasteiger partial charge in [0.25, 0.3) is 0 Å². The number of hydrogen-bond donors (Lipinski definition) is 1. The van der Waals surface area contributed by atoms with Crippen LogP contribution in [0.5, 0.6) is 17.4 Å². The van der Waals surface area contributed by atoms with Gasteiger partial charge in [0.15, 0.2) is 5.78 Å². The molecule has 0 atom stereocenters. The van der Waals surface area contributed by atoms with Crippen molar-refractivity contribution in [3.63, 3.8) is 0 Å². The predicted octanol–water partition coefficient (Wildman–Crippen LogP) is 5.20. The molecule has 0 unspecified atom stereocenters. The first-order valence-corrected chi connectivity index (χ1v) is 11.0. The van der Waals surface area contributed by atoms with Crippen molar-refractivity contribution in [3.8, 4) is 28.5 Å². The van der Waals surface area contributed by atoms with Gasteiger partial charge in [-0.2, -0.15) is 0 Å². The minimum Gasteiger partial charge on any atom is -0.492 e. The minimum absolute atomic E-state index is 0.0625. The van der Waals surface area contributed by atoms with Crippen molar-refractivity contribution in [3.05, 3.63) is 107 Å². The molecule has 4 aromatic rings. The van der Waals surface area contributed by atoms with Crippen LogP contribution in [-0.4, -0.2) is 23.3 Å². The lowest BCUT2D eigenvalue weighted by Crippen LogP contribution is -2.16. The molecule has 0 radical (unpaired) electrons. The lowest BCUT2D eigenvalue weighted by molar-refractivity contribution is 0.0932. The number of rotatable bonds is 6. The monoisotopic (exact) mass is 450 g/mol. The first kappa shape index (κ1) is 21.4. The Labute approximate surface area is 197 Å². The number of nitrogens with zero attached hydrogens (tertiary/aromatic N) is 1. The molecule has 2 heterocycles. The smallest absolute Gasteiger partial charge is 0.248 e. The number of ketones is 1. The van der Waals surface area contributed by atoms with Crippen LogP contribution in [0.15, 0.2) is 85.1 Å². The second-order valence-corrected chi connectivity index (χ2v) is 8.05. The summed E-state index contributed by atoms with van der Waals surface area (Å²) in [5.41, 5.74) is 10.0. The average Bonchev–Trinajstić information content (AvgIpc) is 2.85. The Bertz CT molecular complexity index is 1370. The molecule has 0 aliphatic carbocycles. The van der Waals surface area contributed by atoms with E-state index in [1.807, 2.05) is 54.6 Å². The van der Waals surface area contributed by atoms with E-state index >= 15 is 0 Å². The first-order valence-electron chi connectivity index (χ1n) is 11.0. The van der Waals surface area contributed by atoms with Crippen molar-refractivity contribution < 1.29 is 19.1 Å². The molecule has 1 aromatic heterocycles. The Morgan fingerprint density at radius 3 is 2.53 bits per heavy atom. The second kappa shape index (κ2) is 9.19. The summed E-state index contributed by atoms with van der Waals surface area (Å²) in [4.78, 5) is 28.1. The maximum Gasteiger partial charge on any atom is 0.248 e. The summed E-state index contributed by atoms with van der Waals surface area (Å²) < 4.78 is 12.2. The van der Waals surface area contributed by atoms with Gasteiger partial charge in [-0.25, -0.2) is 4.98 Å². The maximum atomic E-state index is 12.5. The van der Waals surface area contributed by atoms with Gasteiger partial charge in [0.2, 0.25) is 11.8 Å². The highest BCUT2D eigenvalue weighted by Crippen LogP contribution is 2.44. The van der Waals surface area contributed by atoms with Crippen molar-refractivity contribution in [1.82, 2.24) is 4.98 Å². The molecule has 1 amide bonds. The molecule has 1 aliphatic heterocycles. The van der Waals surface area contributed by atoms with Gasteiger partial charge in [-0.15, -0.1) is 0 Å². The number of carbonyl (C=O) groups excluding carboxylic acids is 2. The third kappa shape index (κ3) is 4.38. The predicted molar refractivity (Wildman–Crippen MR) is 128 cm³/mol. The van der Waals surface area contributed by atoms with E-state index in [2.05, 4.69) is 4.98 Å². The van der Waals surface area contributed by atoms with Crippen molar-refractivity contribution in [2.24, 2.45) is 5.73 Å². The number of benzene rings is 3. The van der Waals surface area contributed by atoms with Gasteiger partial charge in [-0.3, -0.25) is 9.59 Å². The Morgan fingerprint density at radius 2 is 1.76 bits per heavy atom. The van der Waals surface area contributed by atoms with E-state index in [1.54, 1.807) is 30.5 Å². The van der Waals surface area contributed by atoms with E-state index < -0.39 is 5.91 Å². The maximum absolute atomic E-state index is 12.5. The fraction of sp³-hybridized carbons (Fsp3) is 0.107. The van der Waals surface area contributed by atoms with Crippen LogP contribution in [0.2, 0.25) is 0 Å². The lowest BCUT2D eigenvalue weighted by Gasteiger charge is -2.22. The average molecular weight is 450 g/mol. The Kier molecular flexibility index (Phi) is 5.79. The topological polar surface area (TPSA) is 91.5 Å². The van der Waals surface area contributed by atoms with Gasteiger partial charge in [-0.1, -0.05) is 42.5 Å². The number of hydrogen-bond acceptors (Lipinski definition) is 5. The molecule has 1 aliphatic rings. The van der Waals surface area contributed by atoms with Crippen LogP contribution in [0.4, 0.5) is 0 Å². The first-order chi connectivity index (χ1) is 16.6. The SMILES string of the molecule is NC(=O)c1ccc(Cc2ccnc(Oc3ccc4c(c3-c3ccccc3)OCCC4=O)c2)cc1. The van der Waals surface area contributed by atoms with Crippen LogP contribution < -0.4 is 15.2 Å². The summed E-state index contributed by atoms with van der Waals surface area (Å²) >= 11 is 0. The zero-order valence-electron chi connectivity index (χ0n) is 18.4. The van der Waals surface area contributed by atoms with Crippen molar-refractivity contribution in [1.29, 1.82) is 0 Å². The van der Waals surface area contributed by atoms with Crippen LogP contribution in [0, 0.1) is 0 Å². The van der Waals surface area contributed by atoms with Gasteiger partial charge in [-0.05, 0) is 53.4 Å². The molecule has 5 rings (SSSR count). The standard InChI is InChI=1S/C28H22N2O4/c29-28(32)21-8-6-18(7-9-21)16-19-12-14-30-25(17-19)34-24-11-10-22-23(31)13-15-33-27(22)26(24)20-4-2-1-3-5-20/h1-12,14,17H,13,15-16H2,(H2,29,32). The van der Waals surface area contributed by atoms with Crippen molar-refractivity contribution >= 4 is 11.7 Å². The number of pyridine rings is 1. The molecule has 0 fully saturated rings. The third-order valence-electron chi connectivity index (χ3n) is 5.72. The summed E-state index contributed by atoms with van der Waals surface area (Å²) in [5, 5.41) is 0. The number of primary amides is 1. The van der Waals surface area contributed by atoms with E-state index in [1.165, 1.54) is 0 Å². The van der Waals surface area contributed by atoms with Gasteiger partial charge < -0.3 is 15.2 Å². The minimum atomic E-state index is -0.448. The number of aromatic nitrogens is 1. The van der Waals surface area contributed by atoms with Gasteiger partial charge in [0.05, 0.1) is 17.7 Å². The molecular formula is C28H22N2O4. The molecule has 0 saturated heterocycles. The Morgan fingerprint density at radius 1 is 0.971 bits per heavy atom. The summed E-state index contributed by atoms with van der Waals surface area (Å²) in [6.07, 6.45) is 2.71. The van der Waals surface area contributed by atoms with Crippen LogP contribution in [0.3, 0.4) is 0 Å². The fourth-order valence-corrected chi connectivity index (χ4v) is 4.03. The largest absolute Gasteiger partial charge is 0.492 e. The van der Waals surface area contributed by atoms with E-state index in [-0.39, 0.29) is 5.78 Å². The van der Waals surface area contributed by atoms with Crippen molar-refractivity contribution in [2.75, 3.05) is 6.61 Å². The molecule has 3 aromatic carbocycles. The number of amides is 1. The molecule has 168 valence electrons. The highest BCUT2D eigenvalue weighted by molar-refractivity contribution is 6.02. The molecule has 34 heavy (non-hydrogen) atoms. The summed E-state index contributed by atoms with van der Waals surface area (Å²) in [5.74, 6) is 1.16. The molecule has 2 N–H and O–H groups in total. The number of fused-ring (bicyclic) bond motifs is 1. The van der Waals surface area contributed by atoms with E-state index in [4.69, 9.17) is 15.2 Å². The van der Waals surface area contributed by atoms with Gasteiger partial charge in [0, 0.05) is 24.2 Å². The number of nitrogens with two attached hydrogens (primary N) is 1. The second-order valence-electron chi connectivity index (χ2n) is 8.05. The Balaban J connectivity index is 1.47. The molecular weight excluding hydrogens is 428 g/mol. The molecule has 0 spiro atoms. The van der Waals surface area contributed by atoms with E-state index in [0.29, 0.717) is 48.0 Å². The summed E-state index contributed by atoms with van der Waals surface area (Å²) in [7, 11) is 0. The molecule has 6 nitrogen and oxygen atoms in total. The van der Waals surface area contributed by atoms with Crippen LogP contribution in [0.1, 0.15) is 38.3 Å². The third-order valence-corrected chi connectivity index (χ3v) is 5.72. The van der Waals surface area contributed by atoms with Crippen LogP contribution in [-0.2, 0) is 6.42 Å². The number of Topliss-reactive ketones (excluding diaryl/α,β-unsaturated/α-hetero) is 1. The zero-order valence-corrected chi connectivity index (χ0v) is 18.4. The fourth-order valence-electron chi connectivity index (χ4n) is 4.03. The van der Waals surface area contributed by atoms with Crippen molar-refractivity contribution in [2.45, 2.75) is 12.8 Å². The highest BCUT2D eigenvalue weighted by atomic mass is 16.5. The van der Waals surface area contributed by atoms with Gasteiger partial charge in [0.1, 0.15) is 11.5 Å². The normalized spacial score (nSPS) is 12.5. The molecule has 6 heteroatoms. The van der Waals surface area contributed by atoms with E-state index in [0.717, 1.165) is 22.3 Å². The number of ether oxygens (including phenoxy) is 2. The van der Waals surface area contributed by atoms with Crippen LogP contribution >= 0.6 is 0 Å². The lowest BCUT2D eigenvalue weighted by atomic mass is 9.96. The van der Waals surface area contributed by atoms with Gasteiger partial charge >= 0.3 is 0 Å². The van der Waals surface area contributed by atoms with Crippen LogP contribution in [0.25, 0.3) is 11.1 Å². The number of carbonyl (C=O) groups is 2. The highest BCUT2D eigenvalue weighted by Gasteiger charge is 2.25.